The Morgan fingerprint density at radius 3 is 2.44 bits per heavy atom. The molecule has 1 aliphatic rings. The number of carbonyl (C=O) groups excluding carboxylic acids is 1. The number of ether oxygens (including phenoxy) is 1. The lowest BCUT2D eigenvalue weighted by Crippen LogP contribution is -2.50. The third-order valence-electron chi connectivity index (χ3n) is 3.65. The summed E-state index contributed by atoms with van der Waals surface area (Å²) in [5.74, 6) is -0.905. The van der Waals surface area contributed by atoms with Crippen molar-refractivity contribution in [2.24, 2.45) is 11.1 Å². The molecule has 0 aromatic heterocycles. The molecule has 104 valence electrons. The first kappa shape index (κ1) is 14.9. The van der Waals surface area contributed by atoms with Crippen molar-refractivity contribution < 1.29 is 19.4 Å². The Morgan fingerprint density at radius 2 is 2.00 bits per heavy atom. The third-order valence-corrected chi connectivity index (χ3v) is 3.65. The van der Waals surface area contributed by atoms with E-state index in [4.69, 9.17) is 15.6 Å². The maximum Gasteiger partial charge on any atom is 0.309 e. The van der Waals surface area contributed by atoms with E-state index in [-0.39, 0.29) is 5.91 Å². The SMILES string of the molecule is COCCC(N)C(=O)N1CCC(C)(C(=O)O)CC1. The molecule has 3 N–H and O–H groups in total. The smallest absolute Gasteiger partial charge is 0.309 e. The average molecular weight is 258 g/mol. The van der Waals surface area contributed by atoms with Crippen molar-refractivity contribution in [1.82, 2.24) is 4.90 Å². The topological polar surface area (TPSA) is 92.9 Å². The molecule has 1 unspecified atom stereocenters. The first-order chi connectivity index (χ1) is 8.40. The number of carboxylic acids is 1. The Labute approximate surface area is 107 Å². The van der Waals surface area contributed by atoms with E-state index < -0.39 is 17.4 Å². The number of methoxy groups -OCH3 is 1. The van der Waals surface area contributed by atoms with Crippen molar-refractivity contribution in [2.45, 2.75) is 32.2 Å². The molecule has 1 amide bonds. The molecule has 18 heavy (non-hydrogen) atoms. The van der Waals surface area contributed by atoms with E-state index in [9.17, 15) is 9.59 Å². The molecule has 0 aliphatic carbocycles. The summed E-state index contributed by atoms with van der Waals surface area (Å²) in [5, 5.41) is 9.10. The van der Waals surface area contributed by atoms with Crippen molar-refractivity contribution in [3.63, 3.8) is 0 Å². The van der Waals surface area contributed by atoms with Crippen LogP contribution in [0.5, 0.6) is 0 Å². The predicted octanol–water partition coefficient (Wildman–Crippen LogP) is 0.0635. The molecule has 6 heteroatoms. The van der Waals surface area contributed by atoms with Gasteiger partial charge in [-0.3, -0.25) is 9.59 Å². The molecule has 1 rings (SSSR count). The van der Waals surface area contributed by atoms with E-state index in [1.54, 1.807) is 18.9 Å². The molecule has 1 aliphatic heterocycles. The summed E-state index contributed by atoms with van der Waals surface area (Å²) in [4.78, 5) is 24.7. The number of rotatable bonds is 5. The molecule has 1 atom stereocenters. The highest BCUT2D eigenvalue weighted by Crippen LogP contribution is 2.31. The van der Waals surface area contributed by atoms with Gasteiger partial charge >= 0.3 is 5.97 Å². The minimum atomic E-state index is -0.793. The van der Waals surface area contributed by atoms with Gasteiger partial charge in [-0.05, 0) is 26.2 Å². The number of piperidine rings is 1. The van der Waals surface area contributed by atoms with Crippen LogP contribution in [0.15, 0.2) is 0 Å². The lowest BCUT2D eigenvalue weighted by atomic mass is 9.80. The largest absolute Gasteiger partial charge is 0.481 e. The van der Waals surface area contributed by atoms with Crippen LogP contribution in [0.1, 0.15) is 26.2 Å². The van der Waals surface area contributed by atoms with Crippen LogP contribution in [0, 0.1) is 5.41 Å². The molecule has 1 heterocycles. The Hall–Kier alpha value is -1.14. The predicted molar refractivity (Wildman–Crippen MR) is 66.0 cm³/mol. The fraction of sp³-hybridized carbons (Fsp3) is 0.833. The molecule has 6 nitrogen and oxygen atoms in total. The van der Waals surface area contributed by atoms with E-state index in [2.05, 4.69) is 0 Å². The zero-order valence-corrected chi connectivity index (χ0v) is 11.0. The van der Waals surface area contributed by atoms with E-state index >= 15 is 0 Å². The molecule has 0 radical (unpaired) electrons. The zero-order chi connectivity index (χ0) is 13.8. The number of nitrogens with zero attached hydrogens (tertiary/aromatic N) is 1. The van der Waals surface area contributed by atoms with Crippen molar-refractivity contribution in [2.75, 3.05) is 26.8 Å². The number of carboxylic acid groups (broad SMARTS) is 1. The second-order valence-corrected chi connectivity index (χ2v) is 5.08. The van der Waals surface area contributed by atoms with Gasteiger partial charge < -0.3 is 20.5 Å². The maximum atomic E-state index is 12.0. The highest BCUT2D eigenvalue weighted by atomic mass is 16.5. The summed E-state index contributed by atoms with van der Waals surface area (Å²) in [5.41, 5.74) is 5.06. The van der Waals surface area contributed by atoms with Crippen LogP contribution >= 0.6 is 0 Å². The van der Waals surface area contributed by atoms with Crippen LogP contribution in [0.3, 0.4) is 0 Å². The van der Waals surface area contributed by atoms with Crippen molar-refractivity contribution >= 4 is 11.9 Å². The quantitative estimate of drug-likeness (QED) is 0.727. The molecule has 0 bridgehead atoms. The number of nitrogens with two attached hydrogens (primary N) is 1. The molecular formula is C12H22N2O4. The number of carbonyl (C=O) groups is 2. The van der Waals surface area contributed by atoms with Gasteiger partial charge in [0.1, 0.15) is 0 Å². The first-order valence-corrected chi connectivity index (χ1v) is 6.17. The first-order valence-electron chi connectivity index (χ1n) is 6.17. The summed E-state index contributed by atoms with van der Waals surface area (Å²) in [6.07, 6.45) is 1.44. The molecule has 1 fully saturated rings. The monoisotopic (exact) mass is 258 g/mol. The van der Waals surface area contributed by atoms with Gasteiger partial charge in [-0.15, -0.1) is 0 Å². The summed E-state index contributed by atoms with van der Waals surface area (Å²) in [7, 11) is 1.57. The number of likely N-dealkylation sites (tertiary alicyclic amines) is 1. The van der Waals surface area contributed by atoms with Crippen LogP contribution < -0.4 is 5.73 Å². The van der Waals surface area contributed by atoms with Crippen LogP contribution in [0.4, 0.5) is 0 Å². The Morgan fingerprint density at radius 1 is 1.44 bits per heavy atom. The van der Waals surface area contributed by atoms with Crippen LogP contribution in [0.2, 0.25) is 0 Å². The van der Waals surface area contributed by atoms with Gasteiger partial charge in [0.05, 0.1) is 11.5 Å². The fourth-order valence-electron chi connectivity index (χ4n) is 2.04. The number of hydrogen-bond acceptors (Lipinski definition) is 4. The minimum absolute atomic E-state index is 0.112. The highest BCUT2D eigenvalue weighted by Gasteiger charge is 2.38. The zero-order valence-electron chi connectivity index (χ0n) is 11.0. The van der Waals surface area contributed by atoms with Crippen LogP contribution in [-0.4, -0.2) is 54.7 Å². The van der Waals surface area contributed by atoms with Crippen molar-refractivity contribution in [1.29, 1.82) is 0 Å². The second kappa shape index (κ2) is 6.15. The normalized spacial score (nSPS) is 20.5. The second-order valence-electron chi connectivity index (χ2n) is 5.08. The third kappa shape index (κ3) is 3.43. The van der Waals surface area contributed by atoms with Gasteiger partial charge in [-0.1, -0.05) is 0 Å². The van der Waals surface area contributed by atoms with Gasteiger partial charge in [0.2, 0.25) is 5.91 Å². The average Bonchev–Trinajstić information content (AvgIpc) is 2.35. The van der Waals surface area contributed by atoms with E-state index in [1.807, 2.05) is 0 Å². The highest BCUT2D eigenvalue weighted by molar-refractivity contribution is 5.82. The summed E-state index contributed by atoms with van der Waals surface area (Å²) in [6, 6.07) is -0.556. The number of hydrogen-bond donors (Lipinski definition) is 2. The van der Waals surface area contributed by atoms with Gasteiger partial charge in [-0.2, -0.15) is 0 Å². The van der Waals surface area contributed by atoms with E-state index in [0.717, 1.165) is 0 Å². The van der Waals surface area contributed by atoms with Crippen LogP contribution in [0.25, 0.3) is 0 Å². The summed E-state index contributed by atoms with van der Waals surface area (Å²) in [6.45, 7) is 3.10. The molecule has 0 aromatic rings. The van der Waals surface area contributed by atoms with E-state index in [1.165, 1.54) is 0 Å². The fourth-order valence-corrected chi connectivity index (χ4v) is 2.04. The molecular weight excluding hydrogens is 236 g/mol. The lowest BCUT2D eigenvalue weighted by molar-refractivity contribution is -0.153. The Bertz CT molecular complexity index is 311. The Kier molecular flexibility index (Phi) is 5.10. The molecule has 1 saturated heterocycles. The number of amides is 1. The standard InChI is InChI=1S/C12H22N2O4/c1-12(11(16)17)4-6-14(7-5-12)10(15)9(13)3-8-18-2/h9H,3-8,13H2,1-2H3,(H,16,17). The van der Waals surface area contributed by atoms with Crippen molar-refractivity contribution in [3.05, 3.63) is 0 Å². The van der Waals surface area contributed by atoms with Crippen LogP contribution in [-0.2, 0) is 14.3 Å². The summed E-state index contributed by atoms with van der Waals surface area (Å²) >= 11 is 0. The Balaban J connectivity index is 2.47. The maximum absolute atomic E-state index is 12.0. The van der Waals surface area contributed by atoms with Gasteiger partial charge in [0.25, 0.3) is 0 Å². The minimum Gasteiger partial charge on any atom is -0.481 e. The number of aliphatic carboxylic acids is 1. The molecule has 0 saturated carbocycles. The van der Waals surface area contributed by atoms with Gasteiger partial charge in [0.15, 0.2) is 0 Å². The van der Waals surface area contributed by atoms with E-state index in [0.29, 0.717) is 39.0 Å². The van der Waals surface area contributed by atoms with Crippen molar-refractivity contribution in [3.8, 4) is 0 Å². The van der Waals surface area contributed by atoms with Gasteiger partial charge in [-0.25, -0.2) is 0 Å². The molecule has 0 aromatic carbocycles. The lowest BCUT2D eigenvalue weighted by Gasteiger charge is -2.37. The molecule has 0 spiro atoms. The summed E-state index contributed by atoms with van der Waals surface area (Å²) < 4.78 is 4.89. The van der Waals surface area contributed by atoms with Gasteiger partial charge in [0, 0.05) is 26.8 Å².